The number of carbonyl (C=O) groups excluding carboxylic acids is 1. The van der Waals surface area contributed by atoms with Gasteiger partial charge in [-0.05, 0) is 43.9 Å². The minimum atomic E-state index is -0.0846. The predicted octanol–water partition coefficient (Wildman–Crippen LogP) is 3.17. The van der Waals surface area contributed by atoms with E-state index in [1.54, 1.807) is 6.07 Å². The lowest BCUT2D eigenvalue weighted by Gasteiger charge is -2.14. The molecule has 1 unspecified atom stereocenters. The van der Waals surface area contributed by atoms with E-state index in [0.29, 0.717) is 37.8 Å². The largest absolute Gasteiger partial charge is 0.494 e. The van der Waals surface area contributed by atoms with Gasteiger partial charge in [-0.15, -0.1) is 0 Å². The zero-order valence-corrected chi connectivity index (χ0v) is 15.0. The summed E-state index contributed by atoms with van der Waals surface area (Å²) in [7, 11) is 0. The van der Waals surface area contributed by atoms with Crippen molar-refractivity contribution in [2.24, 2.45) is 5.92 Å². The van der Waals surface area contributed by atoms with Crippen LogP contribution in [0.5, 0.6) is 5.75 Å². The minimum absolute atomic E-state index is 0.0846. The normalized spacial score (nSPS) is 17.2. The maximum atomic E-state index is 12.4. The van der Waals surface area contributed by atoms with Crippen molar-refractivity contribution in [2.75, 3.05) is 26.4 Å². The molecule has 134 valence electrons. The van der Waals surface area contributed by atoms with Crippen LogP contribution in [-0.4, -0.2) is 38.4 Å². The fourth-order valence-corrected chi connectivity index (χ4v) is 2.65. The van der Waals surface area contributed by atoms with E-state index >= 15 is 0 Å². The van der Waals surface area contributed by atoms with Crippen molar-refractivity contribution in [3.05, 3.63) is 29.3 Å². The molecule has 1 fully saturated rings. The molecule has 1 atom stereocenters. The minimum Gasteiger partial charge on any atom is -0.494 e. The van der Waals surface area contributed by atoms with Crippen LogP contribution in [0.4, 0.5) is 0 Å². The highest BCUT2D eigenvalue weighted by Gasteiger charge is 2.17. The van der Waals surface area contributed by atoms with Gasteiger partial charge < -0.3 is 19.5 Å². The summed E-state index contributed by atoms with van der Waals surface area (Å²) >= 11 is 0. The fraction of sp³-hybridized carbons (Fsp3) is 0.632. The van der Waals surface area contributed by atoms with Crippen molar-refractivity contribution < 1.29 is 19.0 Å². The van der Waals surface area contributed by atoms with Gasteiger partial charge in [-0.1, -0.05) is 13.8 Å². The van der Waals surface area contributed by atoms with E-state index in [-0.39, 0.29) is 12.0 Å². The second-order valence-corrected chi connectivity index (χ2v) is 6.51. The number of hydrogen-bond donors (Lipinski definition) is 1. The highest BCUT2D eigenvalue weighted by molar-refractivity contribution is 5.94. The molecule has 1 N–H and O–H groups in total. The Balaban J connectivity index is 1.98. The van der Waals surface area contributed by atoms with Crippen LogP contribution in [0.1, 0.15) is 49.5 Å². The average Bonchev–Trinajstić information content (AvgIpc) is 3.07. The molecule has 1 saturated heterocycles. The molecule has 0 aliphatic carbocycles. The molecular formula is C19H29NO4. The first-order valence-corrected chi connectivity index (χ1v) is 8.83. The molecule has 0 radical (unpaired) electrons. The summed E-state index contributed by atoms with van der Waals surface area (Å²) in [6.07, 6.45) is 2.23. The zero-order chi connectivity index (χ0) is 17.4. The highest BCUT2D eigenvalue weighted by Crippen LogP contribution is 2.22. The van der Waals surface area contributed by atoms with E-state index in [4.69, 9.17) is 14.2 Å². The summed E-state index contributed by atoms with van der Waals surface area (Å²) in [4.78, 5) is 12.4. The lowest BCUT2D eigenvalue weighted by atomic mass is 10.1. The molecule has 1 aromatic carbocycles. The molecule has 24 heavy (non-hydrogen) atoms. The van der Waals surface area contributed by atoms with Crippen LogP contribution in [0.2, 0.25) is 0 Å². The van der Waals surface area contributed by atoms with E-state index in [2.05, 4.69) is 19.2 Å². The Hall–Kier alpha value is -1.59. The molecule has 0 saturated carbocycles. The molecule has 1 aromatic rings. The molecule has 1 heterocycles. The molecule has 1 aliphatic rings. The summed E-state index contributed by atoms with van der Waals surface area (Å²) in [5, 5.41) is 2.95. The Bertz CT molecular complexity index is 524. The van der Waals surface area contributed by atoms with Crippen molar-refractivity contribution >= 4 is 5.91 Å². The number of carbonyl (C=O) groups is 1. The molecular weight excluding hydrogens is 306 g/mol. The zero-order valence-electron chi connectivity index (χ0n) is 15.0. The van der Waals surface area contributed by atoms with E-state index < -0.39 is 0 Å². The van der Waals surface area contributed by atoms with Gasteiger partial charge in [0.05, 0.1) is 19.3 Å². The second kappa shape index (κ2) is 9.64. The molecule has 1 amide bonds. The van der Waals surface area contributed by atoms with E-state index in [1.807, 2.05) is 19.1 Å². The van der Waals surface area contributed by atoms with Crippen LogP contribution in [0.15, 0.2) is 18.2 Å². The van der Waals surface area contributed by atoms with Crippen LogP contribution in [0.3, 0.4) is 0 Å². The molecule has 5 heteroatoms. The van der Waals surface area contributed by atoms with Gasteiger partial charge in [0.25, 0.3) is 5.91 Å². The smallest absolute Gasteiger partial charge is 0.251 e. The second-order valence-electron chi connectivity index (χ2n) is 6.51. The summed E-state index contributed by atoms with van der Waals surface area (Å²) < 4.78 is 16.9. The van der Waals surface area contributed by atoms with Crippen LogP contribution < -0.4 is 10.1 Å². The molecule has 2 rings (SSSR count). The quantitative estimate of drug-likeness (QED) is 0.753. The number of rotatable bonds is 9. The maximum absolute atomic E-state index is 12.4. The first-order chi connectivity index (χ1) is 11.6. The summed E-state index contributed by atoms with van der Waals surface area (Å²) in [5.41, 5.74) is 1.53. The topological polar surface area (TPSA) is 56.8 Å². The molecule has 0 bridgehead atoms. The van der Waals surface area contributed by atoms with Gasteiger partial charge in [-0.25, -0.2) is 0 Å². The van der Waals surface area contributed by atoms with Gasteiger partial charge >= 0.3 is 0 Å². The predicted molar refractivity (Wildman–Crippen MR) is 93.4 cm³/mol. The third-order valence-electron chi connectivity index (χ3n) is 3.85. The summed E-state index contributed by atoms with van der Waals surface area (Å²) in [6.45, 7) is 9.23. The Labute approximate surface area is 144 Å². The Morgan fingerprint density at radius 3 is 2.92 bits per heavy atom. The van der Waals surface area contributed by atoms with Gasteiger partial charge in [0.2, 0.25) is 0 Å². The molecule has 0 spiro atoms. The molecule has 1 aliphatic heterocycles. The van der Waals surface area contributed by atoms with E-state index in [1.165, 1.54) is 0 Å². The summed E-state index contributed by atoms with van der Waals surface area (Å²) in [6, 6.07) is 5.50. The monoisotopic (exact) mass is 335 g/mol. The number of nitrogens with one attached hydrogen (secondary N) is 1. The lowest BCUT2D eigenvalue weighted by molar-refractivity contribution is 0.0855. The molecule has 5 nitrogen and oxygen atoms in total. The lowest BCUT2D eigenvalue weighted by Crippen LogP contribution is -2.31. The number of amides is 1. The number of benzene rings is 1. The Morgan fingerprint density at radius 1 is 1.42 bits per heavy atom. The number of ether oxygens (including phenoxy) is 3. The van der Waals surface area contributed by atoms with Crippen LogP contribution in [0, 0.1) is 5.92 Å². The summed E-state index contributed by atoms with van der Waals surface area (Å²) in [5.74, 6) is 1.16. The molecule has 0 aromatic heterocycles. The number of hydrogen-bond acceptors (Lipinski definition) is 4. The van der Waals surface area contributed by atoms with Gasteiger partial charge in [-0.2, -0.15) is 0 Å². The van der Waals surface area contributed by atoms with Gasteiger partial charge in [0.15, 0.2) is 0 Å². The first kappa shape index (κ1) is 18.7. The van der Waals surface area contributed by atoms with E-state index in [9.17, 15) is 4.79 Å². The van der Waals surface area contributed by atoms with Gasteiger partial charge in [-0.3, -0.25) is 4.79 Å². The van der Waals surface area contributed by atoms with Crippen LogP contribution >= 0.6 is 0 Å². The van der Waals surface area contributed by atoms with Crippen LogP contribution in [0.25, 0.3) is 0 Å². The Kier molecular flexibility index (Phi) is 7.53. The Morgan fingerprint density at radius 2 is 2.25 bits per heavy atom. The average molecular weight is 335 g/mol. The van der Waals surface area contributed by atoms with Crippen molar-refractivity contribution in [1.82, 2.24) is 5.32 Å². The SMILES string of the molecule is CCOc1ccc(C(=O)NCC2CCCO2)cc1COCC(C)C. The van der Waals surface area contributed by atoms with Crippen molar-refractivity contribution in [1.29, 1.82) is 0 Å². The van der Waals surface area contributed by atoms with Gasteiger partial charge in [0, 0.05) is 30.9 Å². The van der Waals surface area contributed by atoms with Crippen LogP contribution in [-0.2, 0) is 16.1 Å². The third kappa shape index (κ3) is 5.80. The first-order valence-electron chi connectivity index (χ1n) is 8.83. The van der Waals surface area contributed by atoms with E-state index in [0.717, 1.165) is 30.8 Å². The maximum Gasteiger partial charge on any atom is 0.251 e. The van der Waals surface area contributed by atoms with Crippen molar-refractivity contribution in [3.8, 4) is 5.75 Å². The third-order valence-corrected chi connectivity index (χ3v) is 3.85. The van der Waals surface area contributed by atoms with Crippen molar-refractivity contribution in [3.63, 3.8) is 0 Å². The van der Waals surface area contributed by atoms with Crippen molar-refractivity contribution in [2.45, 2.75) is 46.3 Å². The fourth-order valence-electron chi connectivity index (χ4n) is 2.65. The van der Waals surface area contributed by atoms with Gasteiger partial charge in [0.1, 0.15) is 5.75 Å². The highest BCUT2D eigenvalue weighted by atomic mass is 16.5. The standard InChI is InChI=1S/C19H29NO4/c1-4-23-18-8-7-15(10-16(18)13-22-12-14(2)3)19(21)20-11-17-6-5-9-24-17/h7-8,10,14,17H,4-6,9,11-13H2,1-3H3,(H,20,21).